The number of benzene rings is 2. The molecule has 5 nitrogen and oxygen atoms in total. The minimum absolute atomic E-state index is 0.574. The molecule has 0 fully saturated rings. The number of sulfonamides is 1. The van der Waals surface area contributed by atoms with Gasteiger partial charge in [0.1, 0.15) is 16.5 Å². The second kappa shape index (κ2) is 5.49. The van der Waals surface area contributed by atoms with Crippen LogP contribution in [-0.2, 0) is 10.0 Å². The van der Waals surface area contributed by atoms with Gasteiger partial charge in [0.25, 0.3) is 10.0 Å². The third-order valence-electron chi connectivity index (χ3n) is 2.61. The molecule has 0 spiro atoms. The zero-order valence-corrected chi connectivity index (χ0v) is 11.2. The molecule has 21 heavy (non-hydrogen) atoms. The maximum Gasteiger partial charge on any atom is 0.337 e. The number of halogens is 2. The van der Waals surface area contributed by atoms with E-state index in [9.17, 15) is 22.0 Å². The molecule has 0 saturated heterocycles. The average Bonchev–Trinajstić information content (AvgIpc) is 2.41. The quantitative estimate of drug-likeness (QED) is 0.908. The Kier molecular flexibility index (Phi) is 3.90. The van der Waals surface area contributed by atoms with Crippen molar-refractivity contribution < 1.29 is 27.1 Å². The van der Waals surface area contributed by atoms with Gasteiger partial charge < -0.3 is 5.11 Å². The minimum Gasteiger partial charge on any atom is -0.478 e. The van der Waals surface area contributed by atoms with Gasteiger partial charge in [0.15, 0.2) is 0 Å². The summed E-state index contributed by atoms with van der Waals surface area (Å²) in [6.45, 7) is 0. The zero-order valence-electron chi connectivity index (χ0n) is 10.4. The van der Waals surface area contributed by atoms with E-state index in [0.29, 0.717) is 0 Å². The molecule has 0 unspecified atom stereocenters. The van der Waals surface area contributed by atoms with Crippen molar-refractivity contribution in [2.45, 2.75) is 4.90 Å². The van der Waals surface area contributed by atoms with Gasteiger partial charge >= 0.3 is 5.97 Å². The SMILES string of the molecule is O=C(O)c1cccc(F)c1NS(=O)(=O)c1ccccc1F. The van der Waals surface area contributed by atoms with Gasteiger partial charge in [-0.3, -0.25) is 4.72 Å². The van der Waals surface area contributed by atoms with Crippen molar-refractivity contribution in [2.24, 2.45) is 0 Å². The maximum atomic E-state index is 13.7. The average molecular weight is 313 g/mol. The molecular weight excluding hydrogens is 304 g/mol. The second-order valence-electron chi connectivity index (χ2n) is 4.00. The molecule has 0 aliphatic heterocycles. The van der Waals surface area contributed by atoms with Gasteiger partial charge in [-0.15, -0.1) is 0 Å². The van der Waals surface area contributed by atoms with Crippen LogP contribution in [-0.4, -0.2) is 19.5 Å². The summed E-state index contributed by atoms with van der Waals surface area (Å²) in [5.41, 5.74) is -1.32. The standard InChI is InChI=1S/C13H9F2NO4S/c14-9-5-1-2-7-11(9)21(19,20)16-12-8(13(17)18)4-3-6-10(12)15/h1-7,16H,(H,17,18). The van der Waals surface area contributed by atoms with Crippen molar-refractivity contribution in [3.63, 3.8) is 0 Å². The number of nitrogens with one attached hydrogen (secondary N) is 1. The Morgan fingerprint density at radius 1 is 1.00 bits per heavy atom. The summed E-state index contributed by atoms with van der Waals surface area (Å²) < 4.78 is 53.0. The first-order chi connectivity index (χ1) is 9.83. The number of carboxylic acids is 1. The van der Waals surface area contributed by atoms with Crippen molar-refractivity contribution in [1.29, 1.82) is 0 Å². The van der Waals surface area contributed by atoms with Crippen molar-refractivity contribution in [1.82, 2.24) is 0 Å². The highest BCUT2D eigenvalue weighted by Crippen LogP contribution is 2.24. The Hall–Kier alpha value is -2.48. The lowest BCUT2D eigenvalue weighted by Crippen LogP contribution is -2.18. The van der Waals surface area contributed by atoms with Crippen LogP contribution in [0, 0.1) is 11.6 Å². The van der Waals surface area contributed by atoms with Crippen LogP contribution in [0.1, 0.15) is 10.4 Å². The highest BCUT2D eigenvalue weighted by Gasteiger charge is 2.23. The van der Waals surface area contributed by atoms with E-state index in [0.717, 1.165) is 30.3 Å². The summed E-state index contributed by atoms with van der Waals surface area (Å²) in [5, 5.41) is 8.94. The number of para-hydroxylation sites is 1. The van der Waals surface area contributed by atoms with Gasteiger partial charge in [0.05, 0.1) is 11.3 Å². The number of carboxylic acid groups (broad SMARTS) is 1. The first kappa shape index (κ1) is 14.9. The molecule has 110 valence electrons. The van der Waals surface area contributed by atoms with Crippen LogP contribution in [0.25, 0.3) is 0 Å². The van der Waals surface area contributed by atoms with E-state index in [1.54, 1.807) is 4.72 Å². The minimum atomic E-state index is -4.45. The number of carbonyl (C=O) groups is 1. The Labute approximate surface area is 118 Å². The summed E-state index contributed by atoms with van der Waals surface area (Å²) in [6.07, 6.45) is 0. The lowest BCUT2D eigenvalue weighted by molar-refractivity contribution is 0.0697. The molecule has 0 bridgehead atoms. The Balaban J connectivity index is 2.52. The topological polar surface area (TPSA) is 83.5 Å². The molecule has 2 aromatic rings. The molecule has 2 aromatic carbocycles. The van der Waals surface area contributed by atoms with E-state index in [-0.39, 0.29) is 0 Å². The molecule has 2 rings (SSSR count). The number of hydrogen-bond donors (Lipinski definition) is 2. The molecular formula is C13H9F2NO4S. The van der Waals surface area contributed by atoms with Gasteiger partial charge in [-0.2, -0.15) is 0 Å². The molecule has 0 radical (unpaired) electrons. The van der Waals surface area contributed by atoms with Crippen LogP contribution in [0.5, 0.6) is 0 Å². The highest BCUT2D eigenvalue weighted by atomic mass is 32.2. The van der Waals surface area contributed by atoms with E-state index >= 15 is 0 Å². The van der Waals surface area contributed by atoms with Crippen LogP contribution in [0.2, 0.25) is 0 Å². The molecule has 2 N–H and O–H groups in total. The fourth-order valence-electron chi connectivity index (χ4n) is 1.66. The van der Waals surface area contributed by atoms with Gasteiger partial charge in [0.2, 0.25) is 0 Å². The summed E-state index contributed by atoms with van der Waals surface area (Å²) in [4.78, 5) is 10.3. The molecule has 0 atom stereocenters. The van der Waals surface area contributed by atoms with E-state index < -0.39 is 43.8 Å². The maximum absolute atomic E-state index is 13.7. The lowest BCUT2D eigenvalue weighted by atomic mass is 10.2. The molecule has 0 amide bonds. The molecule has 0 aromatic heterocycles. The van der Waals surface area contributed by atoms with Crippen LogP contribution in [0.15, 0.2) is 47.4 Å². The monoisotopic (exact) mass is 313 g/mol. The number of aromatic carboxylic acids is 1. The highest BCUT2D eigenvalue weighted by molar-refractivity contribution is 7.92. The molecule has 0 aliphatic rings. The van der Waals surface area contributed by atoms with Crippen LogP contribution < -0.4 is 4.72 Å². The van der Waals surface area contributed by atoms with Crippen LogP contribution in [0.3, 0.4) is 0 Å². The first-order valence-electron chi connectivity index (χ1n) is 5.62. The Bertz CT molecular complexity index is 806. The van der Waals surface area contributed by atoms with Crippen molar-refractivity contribution >= 4 is 21.7 Å². The number of rotatable bonds is 4. The smallest absolute Gasteiger partial charge is 0.337 e. The summed E-state index contributed by atoms with van der Waals surface area (Å²) in [7, 11) is -4.45. The fourth-order valence-corrected chi connectivity index (χ4v) is 2.83. The zero-order chi connectivity index (χ0) is 15.6. The third-order valence-corrected chi connectivity index (χ3v) is 3.99. The predicted molar refractivity (Wildman–Crippen MR) is 70.6 cm³/mol. The molecule has 0 aliphatic carbocycles. The summed E-state index contributed by atoms with van der Waals surface area (Å²) in [5.74, 6) is -3.62. The molecule has 0 saturated carbocycles. The Morgan fingerprint density at radius 2 is 1.62 bits per heavy atom. The van der Waals surface area contributed by atoms with E-state index in [4.69, 9.17) is 5.11 Å². The van der Waals surface area contributed by atoms with Crippen molar-refractivity contribution in [3.8, 4) is 0 Å². The van der Waals surface area contributed by atoms with Gasteiger partial charge in [0, 0.05) is 0 Å². The van der Waals surface area contributed by atoms with E-state index in [1.807, 2.05) is 0 Å². The molecule has 8 heteroatoms. The number of anilines is 1. The van der Waals surface area contributed by atoms with E-state index in [2.05, 4.69) is 0 Å². The van der Waals surface area contributed by atoms with E-state index in [1.165, 1.54) is 12.1 Å². The second-order valence-corrected chi connectivity index (χ2v) is 5.65. The first-order valence-corrected chi connectivity index (χ1v) is 7.10. The van der Waals surface area contributed by atoms with Gasteiger partial charge in [-0.05, 0) is 24.3 Å². The van der Waals surface area contributed by atoms with Gasteiger partial charge in [-0.25, -0.2) is 22.0 Å². The summed E-state index contributed by atoms with van der Waals surface area (Å²) in [6, 6.07) is 7.54. The fraction of sp³-hybridized carbons (Fsp3) is 0. The third kappa shape index (κ3) is 3.00. The van der Waals surface area contributed by atoms with Crippen molar-refractivity contribution in [3.05, 3.63) is 59.7 Å². The van der Waals surface area contributed by atoms with Crippen LogP contribution >= 0.6 is 0 Å². The molecule has 0 heterocycles. The Morgan fingerprint density at radius 3 is 2.24 bits per heavy atom. The van der Waals surface area contributed by atoms with Gasteiger partial charge in [-0.1, -0.05) is 18.2 Å². The number of hydrogen-bond acceptors (Lipinski definition) is 3. The van der Waals surface area contributed by atoms with Crippen molar-refractivity contribution in [2.75, 3.05) is 4.72 Å². The van der Waals surface area contributed by atoms with Crippen LogP contribution in [0.4, 0.5) is 14.5 Å². The summed E-state index contributed by atoms with van der Waals surface area (Å²) >= 11 is 0. The largest absolute Gasteiger partial charge is 0.478 e. The predicted octanol–water partition coefficient (Wildman–Crippen LogP) is 2.46. The normalized spacial score (nSPS) is 11.1. The lowest BCUT2D eigenvalue weighted by Gasteiger charge is -2.11.